The number of ether oxygens (including phenoxy) is 1. The van der Waals surface area contributed by atoms with E-state index in [2.05, 4.69) is 45.0 Å². The monoisotopic (exact) mass is 498 g/mol. The Hall–Kier alpha value is -2.98. The molecule has 0 saturated carbocycles. The molecule has 1 unspecified atom stereocenters. The maximum Gasteiger partial charge on any atom is 0.349 e. The van der Waals surface area contributed by atoms with Gasteiger partial charge in [-0.1, -0.05) is 99.3 Å². The number of aliphatic hydroxyl groups excluding tert-OH is 1. The van der Waals surface area contributed by atoms with Crippen molar-refractivity contribution in [1.29, 1.82) is 0 Å². The topological polar surface area (TPSA) is 46.5 Å². The van der Waals surface area contributed by atoms with E-state index in [0.29, 0.717) is 11.3 Å². The fraction of sp³-hybridized carbons (Fsp3) is 0.344. The van der Waals surface area contributed by atoms with E-state index in [1.54, 1.807) is 0 Å². The largest absolute Gasteiger partial charge is 0.511 e. The quantitative estimate of drug-likeness (QED) is 0.352. The van der Waals surface area contributed by atoms with Gasteiger partial charge in [0.1, 0.15) is 16.3 Å². The molecule has 2 aliphatic rings. The summed E-state index contributed by atoms with van der Waals surface area (Å²) in [5.74, 6) is -0.324. The van der Waals surface area contributed by atoms with Crippen LogP contribution in [0, 0.1) is 0 Å². The molecule has 0 radical (unpaired) electrons. The molecular formula is C32H34O3S. The lowest BCUT2D eigenvalue weighted by molar-refractivity contribution is -0.160. The number of thioether (sulfide) groups is 1. The number of carbonyl (C=O) groups excluding carboxylic acids is 1. The number of hydrogen-bond donors (Lipinski definition) is 1. The molecule has 0 aromatic heterocycles. The molecule has 4 heteroatoms. The average Bonchev–Trinajstić information content (AvgIpc) is 3.33. The fourth-order valence-electron chi connectivity index (χ4n) is 5.39. The van der Waals surface area contributed by atoms with E-state index in [9.17, 15) is 9.90 Å². The van der Waals surface area contributed by atoms with Crippen molar-refractivity contribution >= 4 is 17.7 Å². The van der Waals surface area contributed by atoms with Crippen LogP contribution in [0.15, 0.2) is 88.4 Å². The second-order valence-corrected chi connectivity index (χ2v) is 12.1. The van der Waals surface area contributed by atoms with Gasteiger partial charge >= 0.3 is 5.97 Å². The van der Waals surface area contributed by atoms with Crippen molar-refractivity contribution in [3.63, 3.8) is 0 Å². The zero-order valence-electron chi connectivity index (χ0n) is 21.3. The highest BCUT2D eigenvalue weighted by molar-refractivity contribution is 8.04. The zero-order valence-corrected chi connectivity index (χ0v) is 22.2. The van der Waals surface area contributed by atoms with Gasteiger partial charge in [-0.15, -0.1) is 0 Å². The van der Waals surface area contributed by atoms with Crippen LogP contribution in [0.4, 0.5) is 0 Å². The molecular weight excluding hydrogens is 464 g/mol. The van der Waals surface area contributed by atoms with Crippen LogP contribution >= 0.6 is 11.8 Å². The summed E-state index contributed by atoms with van der Waals surface area (Å²) in [5.41, 5.74) is 5.11. The minimum atomic E-state index is -0.896. The van der Waals surface area contributed by atoms with Gasteiger partial charge in [-0.3, -0.25) is 0 Å². The van der Waals surface area contributed by atoms with Gasteiger partial charge in [-0.2, -0.15) is 0 Å². The van der Waals surface area contributed by atoms with Gasteiger partial charge in [0, 0.05) is 4.90 Å². The third-order valence-electron chi connectivity index (χ3n) is 7.36. The van der Waals surface area contributed by atoms with Gasteiger partial charge in [0.2, 0.25) is 0 Å². The number of carbonyl (C=O) groups is 1. The lowest BCUT2D eigenvalue weighted by atomic mass is 9.82. The normalized spacial score (nSPS) is 19.8. The van der Waals surface area contributed by atoms with Gasteiger partial charge < -0.3 is 9.84 Å². The summed E-state index contributed by atoms with van der Waals surface area (Å²) in [4.78, 5) is 14.9. The van der Waals surface area contributed by atoms with Crippen molar-refractivity contribution in [2.45, 2.75) is 75.2 Å². The van der Waals surface area contributed by atoms with E-state index in [-0.39, 0.29) is 17.6 Å². The van der Waals surface area contributed by atoms with Crippen molar-refractivity contribution in [2.75, 3.05) is 0 Å². The van der Waals surface area contributed by atoms with Crippen molar-refractivity contribution < 1.29 is 14.6 Å². The van der Waals surface area contributed by atoms with Crippen LogP contribution in [-0.4, -0.2) is 11.1 Å². The molecule has 3 nitrogen and oxygen atoms in total. The number of aliphatic hydroxyl groups is 1. The van der Waals surface area contributed by atoms with Crippen LogP contribution in [0.3, 0.4) is 0 Å². The maximum absolute atomic E-state index is 13.5. The minimum absolute atomic E-state index is 0.0712. The Kier molecular flexibility index (Phi) is 6.74. The fourth-order valence-corrected chi connectivity index (χ4v) is 6.60. The summed E-state index contributed by atoms with van der Waals surface area (Å²) < 4.78 is 6.28. The molecule has 1 atom stereocenters. The molecule has 1 N–H and O–H groups in total. The first-order valence-corrected chi connectivity index (χ1v) is 13.7. The first kappa shape index (κ1) is 24.7. The van der Waals surface area contributed by atoms with Crippen LogP contribution in [0.25, 0.3) is 0 Å². The summed E-state index contributed by atoms with van der Waals surface area (Å²) >= 11 is 1.37. The number of esters is 1. The van der Waals surface area contributed by atoms with Crippen LogP contribution < -0.4 is 0 Å². The highest BCUT2D eigenvalue weighted by atomic mass is 32.2. The van der Waals surface area contributed by atoms with Gasteiger partial charge in [0.05, 0.1) is 6.42 Å². The van der Waals surface area contributed by atoms with Crippen molar-refractivity contribution in [3.05, 3.63) is 111 Å². The number of rotatable bonds is 6. The maximum atomic E-state index is 13.5. The summed E-state index contributed by atoms with van der Waals surface area (Å²) in [6, 6.07) is 24.6. The summed E-state index contributed by atoms with van der Waals surface area (Å²) in [5, 5.41) is 11.3. The molecule has 1 aliphatic heterocycles. The standard InChI is InChI=1S/C32H34O3S/c1-31(2,3)26-19-23-13-10-14-24(23)20-28(26)36-29-27(33)21-32(35-30(29)34,25-15-8-5-9-16-25)18-17-22-11-6-4-7-12-22/h4-9,11-12,15-16,19-20,33H,10,13-14,17-18,21H2,1-3H3. The first-order chi connectivity index (χ1) is 17.2. The number of aryl methyl sites for hydroxylation is 3. The highest BCUT2D eigenvalue weighted by Gasteiger charge is 2.43. The molecule has 0 fully saturated rings. The molecule has 186 valence electrons. The number of fused-ring (bicyclic) bond motifs is 1. The van der Waals surface area contributed by atoms with E-state index < -0.39 is 11.6 Å². The molecule has 1 aliphatic carbocycles. The SMILES string of the molecule is CC(C)(C)c1cc2c(cc1SC1=C(O)CC(CCc3ccccc3)(c3ccccc3)OC1=O)CCC2. The number of hydrogen-bond acceptors (Lipinski definition) is 4. The third kappa shape index (κ3) is 4.97. The summed E-state index contributed by atoms with van der Waals surface area (Å²) in [6.07, 6.45) is 4.97. The van der Waals surface area contributed by atoms with Gasteiger partial charge in [0.25, 0.3) is 0 Å². The van der Waals surface area contributed by atoms with Gasteiger partial charge in [-0.05, 0) is 71.4 Å². The average molecular weight is 499 g/mol. The summed E-state index contributed by atoms with van der Waals surface area (Å²) in [7, 11) is 0. The van der Waals surface area contributed by atoms with E-state index in [1.165, 1.54) is 40.4 Å². The Bertz CT molecular complexity index is 1290. The Morgan fingerprint density at radius 2 is 1.58 bits per heavy atom. The molecule has 0 saturated heterocycles. The molecule has 36 heavy (non-hydrogen) atoms. The lowest BCUT2D eigenvalue weighted by Gasteiger charge is -2.38. The Morgan fingerprint density at radius 1 is 0.944 bits per heavy atom. The van der Waals surface area contributed by atoms with E-state index in [0.717, 1.165) is 29.7 Å². The number of cyclic esters (lactones) is 1. The second-order valence-electron chi connectivity index (χ2n) is 11.0. The Balaban J connectivity index is 1.49. The highest BCUT2D eigenvalue weighted by Crippen LogP contribution is 2.47. The predicted octanol–water partition coefficient (Wildman–Crippen LogP) is 7.81. The van der Waals surface area contributed by atoms with E-state index >= 15 is 0 Å². The Morgan fingerprint density at radius 3 is 2.22 bits per heavy atom. The minimum Gasteiger partial charge on any atom is -0.511 e. The molecule has 0 amide bonds. The number of benzene rings is 3. The molecule has 5 rings (SSSR count). The smallest absolute Gasteiger partial charge is 0.349 e. The Labute approximate surface area is 218 Å². The summed E-state index contributed by atoms with van der Waals surface area (Å²) in [6.45, 7) is 6.60. The van der Waals surface area contributed by atoms with Crippen LogP contribution in [0.2, 0.25) is 0 Å². The van der Waals surface area contributed by atoms with Crippen molar-refractivity contribution in [3.8, 4) is 0 Å². The van der Waals surface area contributed by atoms with Crippen LogP contribution in [0.5, 0.6) is 0 Å². The zero-order chi connectivity index (χ0) is 25.3. The van der Waals surface area contributed by atoms with E-state index in [4.69, 9.17) is 4.74 Å². The van der Waals surface area contributed by atoms with Crippen molar-refractivity contribution in [1.82, 2.24) is 0 Å². The second kappa shape index (κ2) is 9.82. The lowest BCUT2D eigenvalue weighted by Crippen LogP contribution is -2.38. The van der Waals surface area contributed by atoms with Crippen molar-refractivity contribution in [2.24, 2.45) is 0 Å². The van der Waals surface area contributed by atoms with Gasteiger partial charge in [-0.25, -0.2) is 4.79 Å². The molecule has 3 aromatic carbocycles. The van der Waals surface area contributed by atoms with E-state index in [1.807, 2.05) is 48.5 Å². The van der Waals surface area contributed by atoms with Crippen LogP contribution in [0.1, 0.15) is 67.9 Å². The third-order valence-corrected chi connectivity index (χ3v) is 8.53. The first-order valence-electron chi connectivity index (χ1n) is 12.8. The molecule has 0 spiro atoms. The molecule has 3 aromatic rings. The van der Waals surface area contributed by atoms with Crippen LogP contribution in [-0.2, 0) is 39.8 Å². The molecule has 0 bridgehead atoms. The van der Waals surface area contributed by atoms with Gasteiger partial charge in [0.15, 0.2) is 0 Å². The predicted molar refractivity (Wildman–Crippen MR) is 146 cm³/mol. The molecule has 1 heterocycles.